The fraction of sp³-hybridized carbons (Fsp3) is 0.933. The number of carbonyl (C=O) groups is 1. The van der Waals surface area contributed by atoms with Gasteiger partial charge in [-0.25, -0.2) is 4.79 Å². The fourth-order valence-electron chi connectivity index (χ4n) is 4.13. The minimum atomic E-state index is -3.01. The third-order valence-corrected chi connectivity index (χ3v) is 8.00. The number of ether oxygens (including phenoxy) is 1. The Labute approximate surface area is 137 Å². The Morgan fingerprint density at radius 1 is 1.17 bits per heavy atom. The molecule has 3 aliphatic rings. The summed E-state index contributed by atoms with van der Waals surface area (Å²) in [5.74, 6) is 0. The minimum absolute atomic E-state index is 0.0692. The molecule has 2 saturated heterocycles. The van der Waals surface area contributed by atoms with Crippen molar-refractivity contribution < 1.29 is 23.1 Å². The van der Waals surface area contributed by atoms with E-state index in [1.807, 2.05) is 4.90 Å². The molecule has 3 fully saturated rings. The second-order valence-electron chi connectivity index (χ2n) is 6.80. The van der Waals surface area contributed by atoms with Crippen LogP contribution in [-0.4, -0.2) is 62.1 Å². The molecule has 0 aromatic carbocycles. The van der Waals surface area contributed by atoms with Crippen LogP contribution in [0.2, 0.25) is 0 Å². The molecule has 1 amide bonds. The lowest BCUT2D eigenvalue weighted by molar-refractivity contribution is 0.0316. The number of nitrogens with one attached hydrogen (secondary N) is 1. The van der Waals surface area contributed by atoms with E-state index in [2.05, 4.69) is 5.32 Å². The Hall–Kier alpha value is -0.620. The Kier molecular flexibility index (Phi) is 5.02. The van der Waals surface area contributed by atoms with Gasteiger partial charge in [0, 0.05) is 33.1 Å². The molecule has 0 aromatic heterocycles. The van der Waals surface area contributed by atoms with Crippen LogP contribution in [0.4, 0.5) is 4.79 Å². The van der Waals surface area contributed by atoms with Crippen molar-refractivity contribution in [3.8, 4) is 0 Å². The standard InChI is InChI=1S/C15H27N2O5P/c1-20-23(19,21-2)13-5-3-12(4-6-13)17-11-15(22-14(17)18)7-9-16-10-8-15/h12-13,16H,3-11H2,1-2H3. The van der Waals surface area contributed by atoms with Gasteiger partial charge in [0.2, 0.25) is 0 Å². The van der Waals surface area contributed by atoms with Crippen molar-refractivity contribution in [3.05, 3.63) is 0 Å². The second kappa shape index (κ2) is 6.71. The lowest BCUT2D eigenvalue weighted by Gasteiger charge is -2.36. The highest BCUT2D eigenvalue weighted by atomic mass is 31.2. The fourth-order valence-corrected chi connectivity index (χ4v) is 5.81. The molecular formula is C15H27N2O5P. The number of piperidine rings is 1. The molecule has 0 unspecified atom stereocenters. The van der Waals surface area contributed by atoms with Gasteiger partial charge in [0.15, 0.2) is 0 Å². The Morgan fingerprint density at radius 3 is 2.35 bits per heavy atom. The van der Waals surface area contributed by atoms with Gasteiger partial charge in [-0.15, -0.1) is 0 Å². The van der Waals surface area contributed by atoms with E-state index in [0.29, 0.717) is 6.54 Å². The molecule has 1 aliphatic carbocycles. The van der Waals surface area contributed by atoms with Crippen LogP contribution in [0, 0.1) is 0 Å². The van der Waals surface area contributed by atoms with Crippen molar-refractivity contribution in [1.29, 1.82) is 0 Å². The second-order valence-corrected chi connectivity index (χ2v) is 9.34. The largest absolute Gasteiger partial charge is 0.441 e. The van der Waals surface area contributed by atoms with Gasteiger partial charge in [-0.05, 0) is 38.8 Å². The van der Waals surface area contributed by atoms with Gasteiger partial charge in [-0.1, -0.05) is 0 Å². The van der Waals surface area contributed by atoms with Crippen molar-refractivity contribution in [2.45, 2.75) is 55.8 Å². The van der Waals surface area contributed by atoms with Gasteiger partial charge in [0.05, 0.1) is 12.2 Å². The Balaban J connectivity index is 1.60. The van der Waals surface area contributed by atoms with Crippen molar-refractivity contribution in [3.63, 3.8) is 0 Å². The van der Waals surface area contributed by atoms with E-state index in [9.17, 15) is 9.36 Å². The summed E-state index contributed by atoms with van der Waals surface area (Å²) >= 11 is 0. The summed E-state index contributed by atoms with van der Waals surface area (Å²) < 4.78 is 28.5. The third kappa shape index (κ3) is 3.29. The zero-order valence-corrected chi connectivity index (χ0v) is 14.8. The highest BCUT2D eigenvalue weighted by Crippen LogP contribution is 2.56. The molecule has 2 aliphatic heterocycles. The van der Waals surface area contributed by atoms with Gasteiger partial charge >= 0.3 is 13.7 Å². The van der Waals surface area contributed by atoms with Crippen LogP contribution in [0.15, 0.2) is 0 Å². The molecule has 3 rings (SSSR count). The summed E-state index contributed by atoms with van der Waals surface area (Å²) in [4.78, 5) is 14.2. The zero-order chi connectivity index (χ0) is 16.5. The molecule has 0 atom stereocenters. The molecule has 0 aromatic rings. The maximum absolute atomic E-state index is 12.5. The lowest BCUT2D eigenvalue weighted by atomic mass is 9.90. The topological polar surface area (TPSA) is 77.1 Å². The van der Waals surface area contributed by atoms with E-state index >= 15 is 0 Å². The number of hydrogen-bond donors (Lipinski definition) is 1. The normalized spacial score (nSPS) is 31.4. The number of nitrogens with zero attached hydrogens (tertiary/aromatic N) is 1. The Morgan fingerprint density at radius 2 is 1.78 bits per heavy atom. The van der Waals surface area contributed by atoms with Gasteiger partial charge in [0.1, 0.15) is 5.60 Å². The van der Waals surface area contributed by atoms with Crippen molar-refractivity contribution in [1.82, 2.24) is 10.2 Å². The maximum atomic E-state index is 12.5. The van der Waals surface area contributed by atoms with Crippen molar-refractivity contribution in [2.24, 2.45) is 0 Å². The highest BCUT2D eigenvalue weighted by Gasteiger charge is 2.49. The SMILES string of the molecule is COP(=O)(OC)C1CCC(N2CC3(CCNCC3)OC2=O)CC1. The van der Waals surface area contributed by atoms with E-state index in [-0.39, 0.29) is 23.4 Å². The number of amides is 1. The van der Waals surface area contributed by atoms with Gasteiger partial charge in [0.25, 0.3) is 0 Å². The van der Waals surface area contributed by atoms with Crippen LogP contribution in [0.1, 0.15) is 38.5 Å². The Bertz CT molecular complexity index is 478. The van der Waals surface area contributed by atoms with Crippen LogP contribution in [0.3, 0.4) is 0 Å². The van der Waals surface area contributed by atoms with E-state index < -0.39 is 7.60 Å². The number of rotatable bonds is 4. The molecule has 1 saturated carbocycles. The van der Waals surface area contributed by atoms with E-state index in [1.54, 1.807) is 0 Å². The summed E-state index contributed by atoms with van der Waals surface area (Å²) in [6.07, 6.45) is 4.73. The smallest absolute Gasteiger partial charge is 0.410 e. The quantitative estimate of drug-likeness (QED) is 0.788. The maximum Gasteiger partial charge on any atom is 0.410 e. The zero-order valence-electron chi connectivity index (χ0n) is 14.0. The molecule has 1 N–H and O–H groups in total. The molecule has 1 spiro atoms. The summed E-state index contributed by atoms with van der Waals surface area (Å²) in [7, 11) is -0.127. The average Bonchev–Trinajstić information content (AvgIpc) is 2.90. The van der Waals surface area contributed by atoms with Crippen LogP contribution >= 0.6 is 7.60 Å². The summed E-state index contributed by atoms with van der Waals surface area (Å²) in [6.45, 7) is 2.49. The average molecular weight is 346 g/mol. The molecule has 8 heteroatoms. The summed E-state index contributed by atoms with van der Waals surface area (Å²) in [5.41, 5.74) is -0.367. The van der Waals surface area contributed by atoms with Gasteiger partial charge in [-0.3, -0.25) is 4.57 Å². The van der Waals surface area contributed by atoms with Crippen LogP contribution in [-0.2, 0) is 18.3 Å². The van der Waals surface area contributed by atoms with E-state index in [4.69, 9.17) is 13.8 Å². The highest BCUT2D eigenvalue weighted by molar-refractivity contribution is 7.54. The molecule has 0 bridgehead atoms. The predicted molar refractivity (Wildman–Crippen MR) is 85.7 cm³/mol. The van der Waals surface area contributed by atoms with Crippen molar-refractivity contribution >= 4 is 13.7 Å². The van der Waals surface area contributed by atoms with Crippen LogP contribution < -0.4 is 5.32 Å². The van der Waals surface area contributed by atoms with Gasteiger partial charge < -0.3 is 24.0 Å². The van der Waals surface area contributed by atoms with Crippen LogP contribution in [0.5, 0.6) is 0 Å². The molecule has 2 heterocycles. The summed E-state index contributed by atoms with van der Waals surface area (Å²) in [5, 5.41) is 3.31. The molecule has 23 heavy (non-hydrogen) atoms. The monoisotopic (exact) mass is 346 g/mol. The first-order valence-electron chi connectivity index (χ1n) is 8.43. The van der Waals surface area contributed by atoms with Crippen LogP contribution in [0.25, 0.3) is 0 Å². The van der Waals surface area contributed by atoms with E-state index in [0.717, 1.165) is 51.6 Å². The molecule has 7 nitrogen and oxygen atoms in total. The molecule has 0 radical (unpaired) electrons. The first-order chi connectivity index (χ1) is 11.0. The predicted octanol–water partition coefficient (Wildman–Crippen LogP) is 2.36. The van der Waals surface area contributed by atoms with Gasteiger partial charge in [-0.2, -0.15) is 0 Å². The summed E-state index contributed by atoms with van der Waals surface area (Å²) in [6, 6.07) is 0.176. The number of carbonyl (C=O) groups excluding carboxylic acids is 1. The van der Waals surface area contributed by atoms with E-state index in [1.165, 1.54) is 14.2 Å². The molecule has 132 valence electrons. The lowest BCUT2D eigenvalue weighted by Crippen LogP contribution is -2.46. The first-order valence-corrected chi connectivity index (χ1v) is 10.0. The minimum Gasteiger partial charge on any atom is -0.441 e. The third-order valence-electron chi connectivity index (χ3n) is 5.57. The number of hydrogen-bond acceptors (Lipinski definition) is 6. The molecular weight excluding hydrogens is 319 g/mol. The first kappa shape index (κ1) is 17.2. The van der Waals surface area contributed by atoms with Crippen molar-refractivity contribution in [2.75, 3.05) is 33.9 Å².